The number of hydrogen-bond acceptors (Lipinski definition) is 8. The van der Waals surface area contributed by atoms with Gasteiger partial charge in [-0.2, -0.15) is 4.39 Å². The van der Waals surface area contributed by atoms with E-state index in [9.17, 15) is 23.2 Å². The summed E-state index contributed by atoms with van der Waals surface area (Å²) >= 11 is 0.961. The number of esters is 2. The van der Waals surface area contributed by atoms with E-state index in [2.05, 4.69) is 13.2 Å². The number of carbonyl (C=O) groups excluding carboxylic acids is 3. The maximum Gasteiger partial charge on any atom is 0.371 e. The Labute approximate surface area is 227 Å². The lowest BCUT2D eigenvalue weighted by Gasteiger charge is -2.10. The highest BCUT2D eigenvalue weighted by atomic mass is 32.2. The molecule has 0 spiro atoms. The highest BCUT2D eigenvalue weighted by Gasteiger charge is 2.13. The Kier molecular flexibility index (Phi) is 10.5. The number of thioether (sulfide) groups is 1. The van der Waals surface area contributed by atoms with Crippen molar-refractivity contribution in [3.8, 4) is 22.6 Å². The van der Waals surface area contributed by atoms with E-state index in [4.69, 9.17) is 19.3 Å². The van der Waals surface area contributed by atoms with E-state index in [1.165, 1.54) is 24.3 Å². The topological polar surface area (TPSA) is 99.1 Å². The maximum atomic E-state index is 14.6. The van der Waals surface area contributed by atoms with Crippen molar-refractivity contribution in [2.24, 2.45) is 0 Å². The SMILES string of the molecule is C=C(F)C(=O)Oc1ccc(SC(=O)c2ccc(-c3ccc(OCCCOC(=O)C(=C)CO)c(F)c3)cc2)cc1. The normalized spacial score (nSPS) is 10.4. The summed E-state index contributed by atoms with van der Waals surface area (Å²) in [7, 11) is 0. The number of rotatable bonds is 12. The monoisotopic (exact) mass is 554 g/mol. The van der Waals surface area contributed by atoms with E-state index in [0.717, 1.165) is 11.8 Å². The molecule has 0 bridgehead atoms. The Morgan fingerprint density at radius 1 is 0.872 bits per heavy atom. The quantitative estimate of drug-likeness (QED) is 0.100. The minimum atomic E-state index is -1.21. The number of hydrogen-bond donors (Lipinski definition) is 1. The molecule has 0 saturated heterocycles. The molecule has 3 rings (SSSR count). The number of aliphatic hydroxyl groups is 1. The molecule has 0 atom stereocenters. The first-order valence-electron chi connectivity index (χ1n) is 11.6. The van der Waals surface area contributed by atoms with Crippen molar-refractivity contribution >= 4 is 28.8 Å². The van der Waals surface area contributed by atoms with Crippen LogP contribution >= 0.6 is 11.8 Å². The molecule has 3 aromatic rings. The summed E-state index contributed by atoms with van der Waals surface area (Å²) in [4.78, 5) is 35.9. The lowest BCUT2D eigenvalue weighted by Crippen LogP contribution is -2.12. The van der Waals surface area contributed by atoms with Crippen molar-refractivity contribution in [1.29, 1.82) is 0 Å². The fourth-order valence-corrected chi connectivity index (χ4v) is 3.81. The van der Waals surface area contributed by atoms with Crippen LogP contribution in [0, 0.1) is 5.82 Å². The average molecular weight is 555 g/mol. The van der Waals surface area contributed by atoms with Crippen molar-refractivity contribution in [2.75, 3.05) is 19.8 Å². The Bertz CT molecular complexity index is 1370. The Morgan fingerprint density at radius 2 is 1.54 bits per heavy atom. The first-order valence-corrected chi connectivity index (χ1v) is 12.4. The van der Waals surface area contributed by atoms with Gasteiger partial charge in [0.05, 0.1) is 25.4 Å². The summed E-state index contributed by atoms with van der Waals surface area (Å²) in [6, 6.07) is 17.1. The zero-order valence-electron chi connectivity index (χ0n) is 20.7. The number of aliphatic hydroxyl groups excluding tert-OH is 1. The number of benzene rings is 3. The molecule has 0 unspecified atom stereocenters. The minimum absolute atomic E-state index is 0.0403. The molecule has 1 N–H and O–H groups in total. The lowest BCUT2D eigenvalue weighted by atomic mass is 10.0. The summed E-state index contributed by atoms with van der Waals surface area (Å²) in [6.07, 6.45) is 0.325. The first-order chi connectivity index (χ1) is 18.7. The molecule has 39 heavy (non-hydrogen) atoms. The average Bonchev–Trinajstić information content (AvgIpc) is 2.94. The summed E-state index contributed by atoms with van der Waals surface area (Å²) in [5.74, 6) is -3.49. The van der Waals surface area contributed by atoms with Gasteiger partial charge in [-0.15, -0.1) is 0 Å². The van der Waals surface area contributed by atoms with Gasteiger partial charge in [-0.05, 0) is 71.4 Å². The molecule has 7 nitrogen and oxygen atoms in total. The van der Waals surface area contributed by atoms with Gasteiger partial charge in [-0.25, -0.2) is 14.0 Å². The van der Waals surface area contributed by atoms with Crippen molar-refractivity contribution in [1.82, 2.24) is 0 Å². The van der Waals surface area contributed by atoms with E-state index >= 15 is 0 Å². The van der Waals surface area contributed by atoms with E-state index < -0.39 is 30.2 Å². The van der Waals surface area contributed by atoms with Crippen LogP contribution in [0.15, 0.2) is 96.2 Å². The van der Waals surface area contributed by atoms with E-state index in [1.54, 1.807) is 42.5 Å². The van der Waals surface area contributed by atoms with Crippen LogP contribution in [-0.2, 0) is 14.3 Å². The largest absolute Gasteiger partial charge is 0.490 e. The van der Waals surface area contributed by atoms with Crippen LogP contribution < -0.4 is 9.47 Å². The highest BCUT2D eigenvalue weighted by Crippen LogP contribution is 2.29. The molecule has 0 aliphatic rings. The summed E-state index contributed by atoms with van der Waals surface area (Å²) < 4.78 is 42.4. The van der Waals surface area contributed by atoms with Crippen molar-refractivity contribution in [2.45, 2.75) is 11.3 Å². The van der Waals surface area contributed by atoms with Crippen LogP contribution in [0.25, 0.3) is 11.1 Å². The highest BCUT2D eigenvalue weighted by molar-refractivity contribution is 8.14. The first kappa shape index (κ1) is 29.3. The summed E-state index contributed by atoms with van der Waals surface area (Å²) in [5.41, 5.74) is 1.66. The predicted octanol–water partition coefficient (Wildman–Crippen LogP) is 5.67. The van der Waals surface area contributed by atoms with Gasteiger partial charge in [-0.1, -0.05) is 31.4 Å². The van der Waals surface area contributed by atoms with Crippen LogP contribution in [0.4, 0.5) is 8.78 Å². The van der Waals surface area contributed by atoms with Gasteiger partial charge in [0.15, 0.2) is 11.6 Å². The molecule has 0 aliphatic carbocycles. The predicted molar refractivity (Wildman–Crippen MR) is 142 cm³/mol. The number of ether oxygens (including phenoxy) is 3. The van der Waals surface area contributed by atoms with Gasteiger partial charge in [0, 0.05) is 16.9 Å². The molecule has 0 saturated carbocycles. The van der Waals surface area contributed by atoms with Crippen molar-refractivity contribution in [3.05, 3.63) is 103 Å². The van der Waals surface area contributed by atoms with Crippen LogP contribution in [0.3, 0.4) is 0 Å². The Morgan fingerprint density at radius 3 is 2.15 bits per heavy atom. The van der Waals surface area contributed by atoms with E-state index in [1.807, 2.05) is 0 Å². The molecular weight excluding hydrogens is 530 g/mol. The van der Waals surface area contributed by atoms with E-state index in [-0.39, 0.29) is 35.4 Å². The molecule has 202 valence electrons. The second kappa shape index (κ2) is 14.0. The van der Waals surface area contributed by atoms with Crippen LogP contribution in [0.5, 0.6) is 11.5 Å². The number of halogens is 2. The lowest BCUT2D eigenvalue weighted by molar-refractivity contribution is -0.139. The van der Waals surface area contributed by atoms with Crippen LogP contribution in [-0.4, -0.2) is 42.0 Å². The fraction of sp³-hybridized carbons (Fsp3) is 0.138. The molecule has 0 amide bonds. The van der Waals surface area contributed by atoms with Gasteiger partial charge in [-0.3, -0.25) is 4.79 Å². The molecule has 3 aromatic carbocycles. The molecule has 0 aliphatic heterocycles. The molecule has 10 heteroatoms. The minimum Gasteiger partial charge on any atom is -0.490 e. The van der Waals surface area contributed by atoms with Crippen LogP contribution in [0.2, 0.25) is 0 Å². The second-order valence-electron chi connectivity index (χ2n) is 7.98. The molecular formula is C29H24F2O7S. The third-order valence-electron chi connectivity index (χ3n) is 5.11. The standard InChI is InChI=1S/C29H24F2O7S/c1-18(17-32)27(33)37-15-3-14-36-26-13-8-22(16-25(26)31)20-4-6-21(7-5-20)29(35)39-24-11-9-23(10-12-24)38-28(34)19(2)30/h4-13,16,32H,1-3,14-15,17H2. The maximum absolute atomic E-state index is 14.6. The zero-order valence-corrected chi connectivity index (χ0v) is 21.5. The van der Waals surface area contributed by atoms with Crippen LogP contribution in [0.1, 0.15) is 16.8 Å². The second-order valence-corrected chi connectivity index (χ2v) is 9.02. The third kappa shape index (κ3) is 8.62. The van der Waals surface area contributed by atoms with Gasteiger partial charge in [0.1, 0.15) is 5.75 Å². The molecule has 0 radical (unpaired) electrons. The fourth-order valence-electron chi connectivity index (χ4n) is 3.07. The third-order valence-corrected chi connectivity index (χ3v) is 6.04. The smallest absolute Gasteiger partial charge is 0.371 e. The summed E-state index contributed by atoms with van der Waals surface area (Å²) in [5, 5.41) is 8.59. The molecule has 0 aromatic heterocycles. The van der Waals surface area contributed by atoms with Gasteiger partial charge in [0.2, 0.25) is 10.9 Å². The Balaban J connectivity index is 1.52. The van der Waals surface area contributed by atoms with Gasteiger partial charge in [0.25, 0.3) is 0 Å². The molecule has 0 fully saturated rings. The Hall–Kier alpha value is -4.28. The number of carbonyl (C=O) groups is 3. The van der Waals surface area contributed by atoms with E-state index in [0.29, 0.717) is 28.0 Å². The zero-order chi connectivity index (χ0) is 28.4. The molecule has 0 heterocycles. The van der Waals surface area contributed by atoms with Gasteiger partial charge < -0.3 is 19.3 Å². The van der Waals surface area contributed by atoms with Gasteiger partial charge >= 0.3 is 11.9 Å². The van der Waals surface area contributed by atoms with Crippen molar-refractivity contribution in [3.63, 3.8) is 0 Å². The van der Waals surface area contributed by atoms with Crippen molar-refractivity contribution < 1.29 is 42.5 Å². The summed E-state index contributed by atoms with van der Waals surface area (Å²) in [6.45, 7) is 5.90.